The largest absolute Gasteiger partial charge is 0.478 e. The van der Waals surface area contributed by atoms with E-state index in [0.717, 1.165) is 18.2 Å². The van der Waals surface area contributed by atoms with Crippen molar-refractivity contribution in [3.63, 3.8) is 0 Å². The number of aromatic carboxylic acids is 1. The molecule has 1 aromatic rings. The normalized spacial score (nSPS) is 10.4. The molecule has 1 amide bonds. The Morgan fingerprint density at radius 3 is 2.61 bits per heavy atom. The topological polar surface area (TPSA) is 69.6 Å². The maximum absolute atomic E-state index is 13.0. The standard InChI is InChI=1S/C12H15FN2O3/c1-15(2)6-5-11(16)14-10-7-8(13)3-4-9(10)12(17)18/h3-4,7H,5-6H2,1-2H3,(H,14,16)(H,17,18). The summed E-state index contributed by atoms with van der Waals surface area (Å²) in [5, 5.41) is 11.3. The van der Waals surface area contributed by atoms with Gasteiger partial charge in [-0.05, 0) is 32.3 Å². The van der Waals surface area contributed by atoms with Crippen molar-refractivity contribution in [2.24, 2.45) is 0 Å². The zero-order chi connectivity index (χ0) is 13.7. The van der Waals surface area contributed by atoms with Gasteiger partial charge in [0.25, 0.3) is 0 Å². The van der Waals surface area contributed by atoms with E-state index in [0.29, 0.717) is 6.54 Å². The van der Waals surface area contributed by atoms with Crippen molar-refractivity contribution in [1.82, 2.24) is 4.90 Å². The van der Waals surface area contributed by atoms with Crippen LogP contribution in [0.1, 0.15) is 16.8 Å². The molecule has 98 valence electrons. The molecule has 0 aliphatic heterocycles. The lowest BCUT2D eigenvalue weighted by molar-refractivity contribution is -0.116. The summed E-state index contributed by atoms with van der Waals surface area (Å²) in [6.07, 6.45) is 0.211. The van der Waals surface area contributed by atoms with Gasteiger partial charge in [0.1, 0.15) is 5.82 Å². The molecule has 0 heterocycles. The first-order valence-electron chi connectivity index (χ1n) is 5.37. The van der Waals surface area contributed by atoms with Crippen LogP contribution >= 0.6 is 0 Å². The van der Waals surface area contributed by atoms with Gasteiger partial charge in [-0.2, -0.15) is 0 Å². The number of hydrogen-bond donors (Lipinski definition) is 2. The first-order chi connectivity index (χ1) is 8.40. The molecule has 0 aliphatic rings. The van der Waals surface area contributed by atoms with E-state index in [2.05, 4.69) is 5.32 Å². The third kappa shape index (κ3) is 4.14. The van der Waals surface area contributed by atoms with E-state index in [4.69, 9.17) is 5.11 Å². The lowest BCUT2D eigenvalue weighted by Crippen LogP contribution is -2.21. The third-order valence-electron chi connectivity index (χ3n) is 2.27. The number of benzene rings is 1. The van der Waals surface area contributed by atoms with E-state index in [1.54, 1.807) is 0 Å². The molecule has 0 saturated carbocycles. The zero-order valence-electron chi connectivity index (χ0n) is 10.2. The molecule has 0 spiro atoms. The second-order valence-electron chi connectivity index (χ2n) is 4.10. The predicted octanol–water partition coefficient (Wildman–Crippen LogP) is 1.41. The number of carbonyl (C=O) groups is 2. The van der Waals surface area contributed by atoms with Crippen molar-refractivity contribution >= 4 is 17.6 Å². The van der Waals surface area contributed by atoms with Gasteiger partial charge in [-0.25, -0.2) is 9.18 Å². The Hall–Kier alpha value is -1.95. The van der Waals surface area contributed by atoms with E-state index >= 15 is 0 Å². The van der Waals surface area contributed by atoms with E-state index in [-0.39, 0.29) is 23.6 Å². The molecule has 1 aromatic carbocycles. The van der Waals surface area contributed by atoms with E-state index in [1.807, 2.05) is 19.0 Å². The monoisotopic (exact) mass is 254 g/mol. The van der Waals surface area contributed by atoms with Crippen LogP contribution in [0, 0.1) is 5.82 Å². The molecule has 0 radical (unpaired) electrons. The smallest absolute Gasteiger partial charge is 0.337 e. The van der Waals surface area contributed by atoms with Crippen molar-refractivity contribution < 1.29 is 19.1 Å². The summed E-state index contributed by atoms with van der Waals surface area (Å²) in [6.45, 7) is 0.531. The highest BCUT2D eigenvalue weighted by Crippen LogP contribution is 2.17. The van der Waals surface area contributed by atoms with Crippen LogP contribution in [0.5, 0.6) is 0 Å². The summed E-state index contributed by atoms with van der Waals surface area (Å²) in [5.74, 6) is -2.15. The molecule has 0 saturated heterocycles. The number of carboxylic acids is 1. The Balaban J connectivity index is 2.79. The molecule has 0 atom stereocenters. The summed E-state index contributed by atoms with van der Waals surface area (Å²) < 4.78 is 13.0. The van der Waals surface area contributed by atoms with Crippen molar-refractivity contribution in [2.45, 2.75) is 6.42 Å². The van der Waals surface area contributed by atoms with Crippen LogP contribution in [0.15, 0.2) is 18.2 Å². The third-order valence-corrected chi connectivity index (χ3v) is 2.27. The van der Waals surface area contributed by atoms with Gasteiger partial charge in [-0.3, -0.25) is 4.79 Å². The lowest BCUT2D eigenvalue weighted by Gasteiger charge is -2.11. The van der Waals surface area contributed by atoms with Crippen LogP contribution in [-0.4, -0.2) is 42.5 Å². The van der Waals surface area contributed by atoms with Gasteiger partial charge < -0.3 is 15.3 Å². The van der Waals surface area contributed by atoms with Crippen LogP contribution in [-0.2, 0) is 4.79 Å². The summed E-state index contributed by atoms with van der Waals surface area (Å²) in [6, 6.07) is 3.16. The fourth-order valence-electron chi connectivity index (χ4n) is 1.34. The highest BCUT2D eigenvalue weighted by molar-refractivity contribution is 6.00. The van der Waals surface area contributed by atoms with Gasteiger partial charge in [0.05, 0.1) is 11.3 Å². The molecule has 0 bridgehead atoms. The quantitative estimate of drug-likeness (QED) is 0.833. The predicted molar refractivity (Wildman–Crippen MR) is 65.2 cm³/mol. The number of carboxylic acid groups (broad SMARTS) is 1. The number of amides is 1. The lowest BCUT2D eigenvalue weighted by atomic mass is 10.1. The molecular formula is C12H15FN2O3. The average Bonchev–Trinajstić information content (AvgIpc) is 2.26. The van der Waals surface area contributed by atoms with Gasteiger partial charge in [-0.1, -0.05) is 0 Å². The minimum Gasteiger partial charge on any atom is -0.478 e. The van der Waals surface area contributed by atoms with Crippen molar-refractivity contribution in [2.75, 3.05) is 26.0 Å². The van der Waals surface area contributed by atoms with Crippen LogP contribution in [0.3, 0.4) is 0 Å². The van der Waals surface area contributed by atoms with Crippen molar-refractivity contribution in [3.8, 4) is 0 Å². The fraction of sp³-hybridized carbons (Fsp3) is 0.333. The molecule has 0 unspecified atom stereocenters. The Kier molecular flexibility index (Phi) is 4.79. The van der Waals surface area contributed by atoms with Crippen LogP contribution in [0.25, 0.3) is 0 Å². The number of carbonyl (C=O) groups excluding carboxylic acids is 1. The van der Waals surface area contributed by atoms with E-state index < -0.39 is 11.8 Å². The van der Waals surface area contributed by atoms with Crippen LogP contribution in [0.2, 0.25) is 0 Å². The molecule has 0 aromatic heterocycles. The summed E-state index contributed by atoms with van der Waals surface area (Å²) in [4.78, 5) is 24.3. The molecule has 18 heavy (non-hydrogen) atoms. The highest BCUT2D eigenvalue weighted by atomic mass is 19.1. The zero-order valence-corrected chi connectivity index (χ0v) is 10.2. The van der Waals surface area contributed by atoms with Gasteiger partial charge in [0.15, 0.2) is 0 Å². The Morgan fingerprint density at radius 2 is 2.06 bits per heavy atom. The minimum atomic E-state index is -1.21. The second-order valence-corrected chi connectivity index (χ2v) is 4.10. The number of hydrogen-bond acceptors (Lipinski definition) is 3. The Bertz CT molecular complexity index is 461. The Morgan fingerprint density at radius 1 is 1.39 bits per heavy atom. The average molecular weight is 254 g/mol. The van der Waals surface area contributed by atoms with Gasteiger partial charge in [0.2, 0.25) is 5.91 Å². The van der Waals surface area contributed by atoms with Crippen LogP contribution < -0.4 is 5.32 Å². The van der Waals surface area contributed by atoms with E-state index in [1.165, 1.54) is 0 Å². The number of rotatable bonds is 5. The molecule has 0 aliphatic carbocycles. The first kappa shape index (κ1) is 14.1. The maximum atomic E-state index is 13.0. The summed E-state index contributed by atoms with van der Waals surface area (Å²) in [7, 11) is 3.64. The summed E-state index contributed by atoms with van der Waals surface area (Å²) in [5.41, 5.74) is -0.152. The molecule has 6 heteroatoms. The SMILES string of the molecule is CN(C)CCC(=O)Nc1cc(F)ccc1C(=O)O. The van der Waals surface area contributed by atoms with Crippen molar-refractivity contribution in [3.05, 3.63) is 29.6 Å². The fourth-order valence-corrected chi connectivity index (χ4v) is 1.34. The minimum absolute atomic E-state index is 0.0220. The molecular weight excluding hydrogens is 239 g/mol. The van der Waals surface area contributed by atoms with Gasteiger partial charge in [0, 0.05) is 13.0 Å². The number of halogens is 1. The molecule has 1 rings (SSSR count). The maximum Gasteiger partial charge on any atom is 0.337 e. The Labute approximate surface area is 104 Å². The van der Waals surface area contributed by atoms with Crippen LogP contribution in [0.4, 0.5) is 10.1 Å². The highest BCUT2D eigenvalue weighted by Gasteiger charge is 2.13. The second kappa shape index (κ2) is 6.11. The number of nitrogens with zero attached hydrogens (tertiary/aromatic N) is 1. The van der Waals surface area contributed by atoms with Gasteiger partial charge >= 0.3 is 5.97 Å². The molecule has 2 N–H and O–H groups in total. The molecule has 0 fully saturated rings. The number of nitrogens with one attached hydrogen (secondary N) is 1. The summed E-state index contributed by atoms with van der Waals surface area (Å²) >= 11 is 0. The van der Waals surface area contributed by atoms with Gasteiger partial charge in [-0.15, -0.1) is 0 Å². The first-order valence-corrected chi connectivity index (χ1v) is 5.37. The van der Waals surface area contributed by atoms with Crippen molar-refractivity contribution in [1.29, 1.82) is 0 Å². The molecule has 5 nitrogen and oxygen atoms in total. The van der Waals surface area contributed by atoms with E-state index in [9.17, 15) is 14.0 Å². The number of anilines is 1.